The maximum absolute atomic E-state index is 10.1. The van der Waals surface area contributed by atoms with Gasteiger partial charge in [-0.2, -0.15) is 0 Å². The second kappa shape index (κ2) is 33.6. The Balaban J connectivity index is 0.000000166. The Morgan fingerprint density at radius 2 is 0.310 bits per heavy atom. The van der Waals surface area contributed by atoms with Crippen LogP contribution in [-0.2, 0) is 0 Å². The molecule has 0 aromatic heterocycles. The Bertz CT molecular complexity index is 13500. The van der Waals surface area contributed by atoms with Gasteiger partial charge in [0.1, 0.15) is 0 Å². The second-order valence-electron chi connectivity index (χ2n) is 26.2. The maximum Gasteiger partial charge on any atom is 0.0636 e. The Hall–Kier alpha value is -16.4. The van der Waals surface area contributed by atoms with Gasteiger partial charge >= 0.3 is 0 Å². The Morgan fingerprint density at radius 1 is 0.0952 bits per heavy atom. The SMILES string of the molecule is [2H]c1c([2H])c([2H])c(-c2c([2H])c([2H])c([2H])c([2H])c2-c2c3c([2H])c([2H])c([2H])c([2H])c3c(-c3c([2H])c([2H])c([2H])c([2H])c3[2H])c3c([2H])c(-c4c([2H])c([2H])c5c([2H])c([2H])c([2H])c([2H])c5c4[2H])c([2H])c([2H])c23)c([2H])c1[2H].[2H]c1c([2H])c([2H])c(-c2c([2H])c([2H])c([2H])c([2H])c2-c2c3c([2H])c([2H])c([2H])c([2H])c3c(-c3c([2H])c([2H])c([2H])c([2H])c3[2H])c3c([2H])c([2H])c(-c4c([2H])c([2H])c([2H])c5c([2H])c([2H])c([2H])c([2H])c45)c([2H])c23)c([2H])c1[2H].[2H]c1c([2H])c([2H])c(-c2c([2H])c([2H])c([2H])c([2H])c2-c2c3c([2H])c([2H])c([2H])c([2H])c3c(-c3c([2H])c([2H])c([2H])c([2H])c3[2H])c3c([2H])c([2H])c(-c4c([2H])c([2H])c5c([2H])c([2H])c([2H])c([2H])c5c4[2H])c([2H])c23)c([2H])c1[2H]. The van der Waals surface area contributed by atoms with Crippen molar-refractivity contribution in [1.29, 1.82) is 0 Å². The fourth-order valence-corrected chi connectivity index (χ4v) is 14.2. The first-order valence-corrected chi connectivity index (χ1v) is 36.8. The van der Waals surface area contributed by atoms with Gasteiger partial charge in [-0.05, 0) is 261 Å². The minimum Gasteiger partial charge on any atom is -0.0622 e. The summed E-state index contributed by atoms with van der Waals surface area (Å²) in [6, 6.07) is -85.1. The molecule has 0 nitrogen and oxygen atoms in total. The van der Waals surface area contributed by atoms with Gasteiger partial charge in [0.05, 0.1) is 115 Å². The van der Waals surface area contributed by atoms with Gasteiger partial charge in [0.15, 0.2) is 0 Å². The molecule has 0 spiro atoms. The van der Waals surface area contributed by atoms with Crippen molar-refractivity contribution in [2.75, 3.05) is 0 Å². The third-order valence-corrected chi connectivity index (χ3v) is 19.4. The normalized spacial score (nSPS) is 20.7. The maximum atomic E-state index is 10.1. The van der Waals surface area contributed by atoms with Crippen LogP contribution in [0.2, 0.25) is 0 Å². The standard InChI is InChI=1S/3C42H28/c1-3-14-29(15-4-1)34-21-9-10-22-36(34)42-38-24-12-11-23-37(38)41(31-17-5-2-6-18-31)39-27-26-32(28-40(39)42)35-25-13-19-30-16-7-8-20-33(30)35;1-3-14-30(15-4-1)35-19-9-10-20-36(35)42-38-22-12-11-21-37(38)41(31-16-5-2-6-17-31)40-28-34(25-26-39(40)42)33-24-23-29-13-7-8-18-32(29)27-33;1-3-14-30(15-4-1)35-19-9-10-20-36(35)42-38-22-12-11-21-37(38)41(31-16-5-2-6-17-31)39-26-25-34(28-40(39)42)33-24-23-29-13-7-8-18-32(29)27-33/h3*1-28H/i3*1D,2D,3D,4D,5D,6D,7D,8D,9D,10D,11D,12D,13D,14D,15D,16D,17D,18D,19D,20D,21D,22D,23D,24D,25D,26D,27D,28D. The van der Waals surface area contributed by atoms with E-state index in [2.05, 4.69) is 0 Å². The van der Waals surface area contributed by atoms with E-state index in [0.29, 0.717) is 0 Å². The van der Waals surface area contributed by atoms with Crippen molar-refractivity contribution in [3.8, 4) is 134 Å². The molecular weight excluding hydrogens is 1510 g/mol. The number of hydrogen-bond acceptors (Lipinski definition) is 0. The van der Waals surface area contributed by atoms with Crippen LogP contribution < -0.4 is 0 Å². The molecule has 0 saturated carbocycles. The van der Waals surface area contributed by atoms with Crippen molar-refractivity contribution in [3.63, 3.8) is 0 Å². The number of fused-ring (bicyclic) bond motifs is 9. The lowest BCUT2D eigenvalue weighted by atomic mass is 9.83. The lowest BCUT2D eigenvalue weighted by molar-refractivity contribution is 1.60. The summed E-state index contributed by atoms with van der Waals surface area (Å²) in [4.78, 5) is 0. The molecule has 24 aromatic rings. The van der Waals surface area contributed by atoms with Gasteiger partial charge in [-0.3, -0.25) is 0 Å². The molecule has 0 radical (unpaired) electrons. The van der Waals surface area contributed by atoms with Crippen molar-refractivity contribution in [1.82, 2.24) is 0 Å². The van der Waals surface area contributed by atoms with Gasteiger partial charge in [-0.15, -0.1) is 0 Å². The summed E-state index contributed by atoms with van der Waals surface area (Å²) in [5.41, 5.74) is -21.1. The molecule has 588 valence electrons. The summed E-state index contributed by atoms with van der Waals surface area (Å²) in [7, 11) is 0. The zero-order valence-electron chi connectivity index (χ0n) is 147. The lowest BCUT2D eigenvalue weighted by Crippen LogP contribution is -1.93. The molecule has 0 fully saturated rings. The summed E-state index contributed by atoms with van der Waals surface area (Å²) < 4.78 is 750. The third-order valence-electron chi connectivity index (χ3n) is 19.4. The second-order valence-corrected chi connectivity index (χ2v) is 26.2. The fourth-order valence-electron chi connectivity index (χ4n) is 14.2. The molecule has 0 bridgehead atoms. The molecule has 0 saturated heterocycles. The van der Waals surface area contributed by atoms with Crippen LogP contribution in [0.1, 0.15) is 115 Å². The molecule has 126 heavy (non-hydrogen) atoms. The molecule has 0 aliphatic carbocycles. The fraction of sp³-hybridized carbons (Fsp3) is 0. The minimum absolute atomic E-state index is 0.600. The lowest BCUT2D eigenvalue weighted by Gasteiger charge is -2.20. The van der Waals surface area contributed by atoms with Crippen LogP contribution in [0.3, 0.4) is 0 Å². The van der Waals surface area contributed by atoms with Crippen LogP contribution in [0, 0.1) is 0 Å². The molecule has 0 amide bonds. The summed E-state index contributed by atoms with van der Waals surface area (Å²) in [6.07, 6.45) is 0. The first-order chi connectivity index (χ1) is 97.5. The predicted molar refractivity (Wildman–Crippen MR) is 542 cm³/mol. The molecular formula is C126H84. The van der Waals surface area contributed by atoms with Crippen molar-refractivity contribution in [2.45, 2.75) is 0 Å². The van der Waals surface area contributed by atoms with Crippen molar-refractivity contribution < 1.29 is 115 Å². The van der Waals surface area contributed by atoms with E-state index in [9.17, 15) is 31.5 Å². The van der Waals surface area contributed by atoms with E-state index >= 15 is 0 Å². The van der Waals surface area contributed by atoms with E-state index in [-0.39, 0.29) is 0 Å². The molecule has 24 rings (SSSR count). The minimum atomic E-state index is -1.15. The molecule has 24 aromatic carbocycles. The van der Waals surface area contributed by atoms with Crippen molar-refractivity contribution in [3.05, 3.63) is 508 Å². The summed E-state index contributed by atoms with van der Waals surface area (Å²) >= 11 is 0. The van der Waals surface area contributed by atoms with Crippen LogP contribution in [0.25, 0.3) is 230 Å². The third kappa shape index (κ3) is 14.2. The molecule has 0 unspecified atom stereocenters. The summed E-state index contributed by atoms with van der Waals surface area (Å²) in [6.45, 7) is 0. The number of rotatable bonds is 12. The molecule has 0 N–H and O–H groups in total. The van der Waals surface area contributed by atoms with E-state index in [1.54, 1.807) is 0 Å². The molecule has 0 heterocycles. The summed E-state index contributed by atoms with van der Waals surface area (Å²) in [5, 5.41) is -14.1. The van der Waals surface area contributed by atoms with Crippen molar-refractivity contribution >= 4 is 97.0 Å². The molecule has 0 heteroatoms. The Morgan fingerprint density at radius 3 is 0.683 bits per heavy atom. The van der Waals surface area contributed by atoms with Crippen LogP contribution in [0.15, 0.2) is 508 Å². The highest BCUT2D eigenvalue weighted by molar-refractivity contribution is 6.26. The van der Waals surface area contributed by atoms with Crippen LogP contribution in [0.4, 0.5) is 0 Å². The van der Waals surface area contributed by atoms with Gasteiger partial charge in [0, 0.05) is 0 Å². The number of benzene rings is 24. The zero-order valence-corrected chi connectivity index (χ0v) is 63.0. The van der Waals surface area contributed by atoms with Crippen LogP contribution in [-0.4, -0.2) is 0 Å². The Labute approximate surface area is 852 Å². The average Bonchev–Trinajstić information content (AvgIpc) is 0.681. The first kappa shape index (κ1) is 28.1. The van der Waals surface area contributed by atoms with Crippen LogP contribution in [0.5, 0.6) is 0 Å². The zero-order chi connectivity index (χ0) is 157. The highest BCUT2D eigenvalue weighted by Crippen LogP contribution is 2.52. The topological polar surface area (TPSA) is 0 Å². The van der Waals surface area contributed by atoms with E-state index in [1.807, 2.05) is 0 Å². The number of hydrogen-bond donors (Lipinski definition) is 0. The first-order valence-electron chi connectivity index (χ1n) is 78.8. The van der Waals surface area contributed by atoms with E-state index in [1.165, 1.54) is 0 Å². The van der Waals surface area contributed by atoms with Gasteiger partial charge in [0.2, 0.25) is 0 Å². The highest BCUT2D eigenvalue weighted by atomic mass is 14.3. The quantitative estimate of drug-likeness (QED) is 0.107. The molecule has 0 aliphatic rings. The average molecular weight is 1680 g/mol. The smallest absolute Gasteiger partial charge is 0.0622 e. The highest BCUT2D eigenvalue weighted by Gasteiger charge is 2.25. The van der Waals surface area contributed by atoms with Gasteiger partial charge in [-0.1, -0.05) is 477 Å². The van der Waals surface area contributed by atoms with Gasteiger partial charge in [-0.25, -0.2) is 0 Å². The monoisotopic (exact) mass is 1680 g/mol. The van der Waals surface area contributed by atoms with E-state index in [0.717, 1.165) is 0 Å². The van der Waals surface area contributed by atoms with Gasteiger partial charge in [0.25, 0.3) is 0 Å². The largest absolute Gasteiger partial charge is 0.0636 e. The van der Waals surface area contributed by atoms with Crippen LogP contribution >= 0.6 is 0 Å². The molecule has 0 aliphatic heterocycles. The van der Waals surface area contributed by atoms with Crippen molar-refractivity contribution in [2.24, 2.45) is 0 Å². The molecule has 0 atom stereocenters. The van der Waals surface area contributed by atoms with E-state index < -0.39 is 738 Å². The van der Waals surface area contributed by atoms with Gasteiger partial charge < -0.3 is 0 Å². The van der Waals surface area contributed by atoms with E-state index in [4.69, 9.17) is 83.6 Å². The Kier molecular flexibility index (Phi) is 7.48. The summed E-state index contributed by atoms with van der Waals surface area (Å²) in [5.74, 6) is 0. The predicted octanol–water partition coefficient (Wildman–Crippen LogP) is 35.4.